The average molecular weight is 287 g/mol. The molecule has 1 aliphatic heterocycles. The second kappa shape index (κ2) is 5.47. The summed E-state index contributed by atoms with van der Waals surface area (Å²) in [6.07, 6.45) is 13.9. The quantitative estimate of drug-likeness (QED) is 0.854. The van der Waals surface area contributed by atoms with Gasteiger partial charge in [-0.1, -0.05) is 19.3 Å². The van der Waals surface area contributed by atoms with E-state index in [1.165, 1.54) is 50.8 Å². The number of amides is 1. The summed E-state index contributed by atoms with van der Waals surface area (Å²) >= 11 is 0. The van der Waals surface area contributed by atoms with E-state index in [4.69, 9.17) is 0 Å². The number of carbonyl (C=O) groups is 1. The lowest BCUT2D eigenvalue weighted by Gasteiger charge is -2.23. The van der Waals surface area contributed by atoms with Crippen molar-refractivity contribution in [3.63, 3.8) is 0 Å². The second-order valence-corrected chi connectivity index (χ2v) is 7.12. The molecule has 1 atom stereocenters. The van der Waals surface area contributed by atoms with Crippen LogP contribution in [0.2, 0.25) is 0 Å². The molecule has 4 rings (SSSR count). The van der Waals surface area contributed by atoms with Crippen molar-refractivity contribution in [2.45, 2.75) is 69.9 Å². The number of hydrogen-bond donors (Lipinski definition) is 0. The highest BCUT2D eigenvalue weighted by Gasteiger charge is 2.39. The second-order valence-electron chi connectivity index (χ2n) is 7.12. The smallest absolute Gasteiger partial charge is 0.223 e. The van der Waals surface area contributed by atoms with E-state index < -0.39 is 0 Å². The molecule has 1 saturated heterocycles. The van der Waals surface area contributed by atoms with Crippen LogP contribution in [0.5, 0.6) is 0 Å². The number of likely N-dealkylation sites (tertiary alicyclic amines) is 1. The highest BCUT2D eigenvalue weighted by atomic mass is 16.2. The molecule has 4 nitrogen and oxygen atoms in total. The van der Waals surface area contributed by atoms with Crippen LogP contribution in [-0.4, -0.2) is 32.9 Å². The molecule has 0 aromatic carbocycles. The third-order valence-electron chi connectivity index (χ3n) is 5.40. The van der Waals surface area contributed by atoms with Crippen LogP contribution in [-0.2, 0) is 11.3 Å². The molecule has 0 bridgehead atoms. The zero-order valence-corrected chi connectivity index (χ0v) is 12.7. The lowest BCUT2D eigenvalue weighted by atomic mass is 9.88. The molecule has 1 aromatic rings. The molecule has 21 heavy (non-hydrogen) atoms. The number of aromatic nitrogens is 2. The van der Waals surface area contributed by atoms with Gasteiger partial charge in [0, 0.05) is 49.8 Å². The average Bonchev–Trinajstić information content (AvgIpc) is 3.13. The monoisotopic (exact) mass is 287 g/mol. The molecule has 4 heteroatoms. The van der Waals surface area contributed by atoms with Crippen LogP contribution in [0, 0.1) is 5.92 Å². The topological polar surface area (TPSA) is 38.1 Å². The lowest BCUT2D eigenvalue weighted by Crippen LogP contribution is -2.27. The summed E-state index contributed by atoms with van der Waals surface area (Å²) in [6.45, 7) is 1.94. The third-order valence-corrected chi connectivity index (χ3v) is 5.40. The van der Waals surface area contributed by atoms with Crippen molar-refractivity contribution in [1.82, 2.24) is 14.5 Å². The van der Waals surface area contributed by atoms with Crippen LogP contribution >= 0.6 is 0 Å². The normalized spacial score (nSPS) is 27.5. The molecule has 2 aliphatic carbocycles. The molecule has 2 saturated carbocycles. The summed E-state index contributed by atoms with van der Waals surface area (Å²) in [5, 5.41) is 0. The number of nitrogens with zero attached hydrogens (tertiary/aromatic N) is 3. The first-order valence-corrected chi connectivity index (χ1v) is 8.62. The number of rotatable bonds is 4. The summed E-state index contributed by atoms with van der Waals surface area (Å²) in [6, 6.07) is 0.572. The molecule has 3 aliphatic rings. The van der Waals surface area contributed by atoms with Crippen molar-refractivity contribution < 1.29 is 4.79 Å². The SMILES string of the molecule is O=C1CC(Cn2ccnc2C2CCCCC2)CN1C1CC1. The maximum atomic E-state index is 12.1. The van der Waals surface area contributed by atoms with Gasteiger partial charge in [0.2, 0.25) is 5.91 Å². The maximum absolute atomic E-state index is 12.1. The van der Waals surface area contributed by atoms with E-state index in [0.29, 0.717) is 23.8 Å². The maximum Gasteiger partial charge on any atom is 0.223 e. The van der Waals surface area contributed by atoms with Gasteiger partial charge < -0.3 is 9.47 Å². The number of imidazole rings is 1. The van der Waals surface area contributed by atoms with Crippen molar-refractivity contribution in [2.24, 2.45) is 5.92 Å². The Bertz CT molecular complexity index is 514. The molecule has 1 unspecified atom stereocenters. The fourth-order valence-corrected chi connectivity index (χ4v) is 4.14. The highest BCUT2D eigenvalue weighted by molar-refractivity contribution is 5.79. The van der Waals surface area contributed by atoms with Gasteiger partial charge in [0.05, 0.1) is 0 Å². The zero-order valence-electron chi connectivity index (χ0n) is 12.7. The highest BCUT2D eigenvalue weighted by Crippen LogP contribution is 2.35. The van der Waals surface area contributed by atoms with E-state index in [2.05, 4.69) is 20.6 Å². The Morgan fingerprint density at radius 1 is 1.14 bits per heavy atom. The van der Waals surface area contributed by atoms with Gasteiger partial charge in [0.1, 0.15) is 5.82 Å². The molecule has 0 spiro atoms. The first kappa shape index (κ1) is 13.4. The summed E-state index contributed by atoms with van der Waals surface area (Å²) in [5.41, 5.74) is 0. The van der Waals surface area contributed by atoms with E-state index >= 15 is 0 Å². The molecule has 114 valence electrons. The largest absolute Gasteiger partial charge is 0.339 e. The van der Waals surface area contributed by atoms with Gasteiger partial charge in [-0.05, 0) is 25.7 Å². The third kappa shape index (κ3) is 2.72. The van der Waals surface area contributed by atoms with Crippen LogP contribution in [0.25, 0.3) is 0 Å². The van der Waals surface area contributed by atoms with Gasteiger partial charge in [-0.15, -0.1) is 0 Å². The first-order valence-electron chi connectivity index (χ1n) is 8.62. The van der Waals surface area contributed by atoms with E-state index in [9.17, 15) is 4.79 Å². The van der Waals surface area contributed by atoms with E-state index in [-0.39, 0.29) is 0 Å². The predicted molar refractivity (Wildman–Crippen MR) is 80.9 cm³/mol. The fourth-order valence-electron chi connectivity index (χ4n) is 4.14. The Kier molecular flexibility index (Phi) is 3.48. The van der Waals surface area contributed by atoms with E-state index in [1.807, 2.05) is 6.20 Å². The summed E-state index contributed by atoms with van der Waals surface area (Å²) in [4.78, 5) is 18.8. The van der Waals surface area contributed by atoms with Crippen LogP contribution < -0.4 is 0 Å². The molecule has 3 fully saturated rings. The molecule has 0 radical (unpaired) electrons. The van der Waals surface area contributed by atoms with E-state index in [1.54, 1.807) is 0 Å². The molecular formula is C17H25N3O. The van der Waals surface area contributed by atoms with Crippen molar-refractivity contribution in [3.8, 4) is 0 Å². The lowest BCUT2D eigenvalue weighted by molar-refractivity contribution is -0.128. The van der Waals surface area contributed by atoms with Crippen LogP contribution in [0.15, 0.2) is 12.4 Å². The number of hydrogen-bond acceptors (Lipinski definition) is 2. The Labute approximate surface area is 126 Å². The molecule has 0 N–H and O–H groups in total. The molecule has 1 aromatic heterocycles. The predicted octanol–water partition coefficient (Wildman–Crippen LogP) is 2.94. The van der Waals surface area contributed by atoms with Crippen molar-refractivity contribution >= 4 is 5.91 Å². The van der Waals surface area contributed by atoms with Gasteiger partial charge in [0.15, 0.2) is 0 Å². The minimum atomic E-state index is 0.377. The summed E-state index contributed by atoms with van der Waals surface area (Å²) in [7, 11) is 0. The molecular weight excluding hydrogens is 262 g/mol. The van der Waals surface area contributed by atoms with Crippen LogP contribution in [0.4, 0.5) is 0 Å². The molecule has 2 heterocycles. The molecule has 1 amide bonds. The summed E-state index contributed by atoms with van der Waals surface area (Å²) < 4.78 is 2.34. The van der Waals surface area contributed by atoms with Gasteiger partial charge in [-0.2, -0.15) is 0 Å². The van der Waals surface area contributed by atoms with E-state index in [0.717, 1.165) is 19.5 Å². The summed E-state index contributed by atoms with van der Waals surface area (Å²) in [5.74, 6) is 2.77. The standard InChI is InChI=1S/C17H25N3O/c21-16-10-13(12-20(16)15-6-7-15)11-19-9-8-18-17(19)14-4-2-1-3-5-14/h8-9,13-15H,1-7,10-12H2. The first-order chi connectivity index (χ1) is 10.3. The van der Waals surface area contributed by atoms with Crippen molar-refractivity contribution in [1.29, 1.82) is 0 Å². The Balaban J connectivity index is 1.43. The van der Waals surface area contributed by atoms with Crippen LogP contribution in [0.3, 0.4) is 0 Å². The number of carbonyl (C=O) groups excluding carboxylic acids is 1. The van der Waals surface area contributed by atoms with Crippen molar-refractivity contribution in [2.75, 3.05) is 6.54 Å². The van der Waals surface area contributed by atoms with Gasteiger partial charge in [-0.25, -0.2) is 4.98 Å². The minimum Gasteiger partial charge on any atom is -0.339 e. The Morgan fingerprint density at radius 2 is 1.95 bits per heavy atom. The van der Waals surface area contributed by atoms with Gasteiger partial charge >= 0.3 is 0 Å². The van der Waals surface area contributed by atoms with Crippen LogP contribution in [0.1, 0.15) is 63.1 Å². The Morgan fingerprint density at radius 3 is 2.71 bits per heavy atom. The Hall–Kier alpha value is -1.32. The minimum absolute atomic E-state index is 0.377. The van der Waals surface area contributed by atoms with Gasteiger partial charge in [-0.3, -0.25) is 4.79 Å². The fraction of sp³-hybridized carbons (Fsp3) is 0.765. The zero-order chi connectivity index (χ0) is 14.2. The van der Waals surface area contributed by atoms with Crippen molar-refractivity contribution in [3.05, 3.63) is 18.2 Å². The van der Waals surface area contributed by atoms with Gasteiger partial charge in [0.25, 0.3) is 0 Å².